The Bertz CT molecular complexity index is 1390. The smallest absolute Gasteiger partial charge is 0.306 e. The van der Waals surface area contributed by atoms with Gasteiger partial charge < -0.3 is 64.9 Å². The van der Waals surface area contributed by atoms with Gasteiger partial charge in [0.05, 0.1) is 36.9 Å². The quantitative estimate of drug-likeness (QED) is 0.137. The van der Waals surface area contributed by atoms with Crippen LogP contribution in [0.1, 0.15) is 92.4 Å². The number of aliphatic hydroxyl groups excluding tert-OH is 7. The van der Waals surface area contributed by atoms with E-state index in [4.69, 9.17) is 18.9 Å². The van der Waals surface area contributed by atoms with Gasteiger partial charge >= 0.3 is 5.97 Å². The molecule has 308 valence electrons. The molecule has 2 heterocycles. The van der Waals surface area contributed by atoms with Gasteiger partial charge in [-0.25, -0.2) is 0 Å². The van der Waals surface area contributed by atoms with Crippen LogP contribution < -0.4 is 0 Å². The highest BCUT2D eigenvalue weighted by Crippen LogP contribution is 2.65. The Balaban J connectivity index is 1.16. The molecule has 54 heavy (non-hydrogen) atoms. The summed E-state index contributed by atoms with van der Waals surface area (Å²) in [6.45, 7) is 8.90. The summed E-state index contributed by atoms with van der Waals surface area (Å²) in [7, 11) is 0. The molecule has 14 heteroatoms. The molecule has 0 aromatic carbocycles. The molecule has 9 N–H and O–H groups in total. The van der Waals surface area contributed by atoms with E-state index in [0.29, 0.717) is 19.3 Å². The number of ether oxygens (including phenoxy) is 4. The predicted octanol–water partition coefficient (Wildman–Crippen LogP) is 1.38. The van der Waals surface area contributed by atoms with Crippen molar-refractivity contribution in [2.45, 2.75) is 166 Å². The number of hydrogen-bond acceptors (Lipinski definition) is 13. The number of carboxylic acids is 1. The van der Waals surface area contributed by atoms with Crippen LogP contribution in [-0.2, 0) is 23.7 Å². The van der Waals surface area contributed by atoms with E-state index < -0.39 is 85.5 Å². The summed E-state index contributed by atoms with van der Waals surface area (Å²) < 4.78 is 23.7. The standard InChI is InChI=1S/C40H64O14/c1-19(2)40(50,20(3)42)15-11-24(35(48)49)26-9-8-25-23-7-6-21-16-22(10-13-38(21,4)27(23)12-14-39(25,26)5)52-37-34(32(46)31(45)29(17-41)53-37)54-36-33(47)30(44)28(43)18-51-36/h7,12,19-22,24-26,28-34,36-37,41-47,50H,6,8-11,13-18H2,1-5H3,(H,48,49)/t20-,21+,22+,24-,25+,26-,28+,29-,30+,31-,32+,33-,34-,36+,37-,38+,39+,40-/m1/s1. The van der Waals surface area contributed by atoms with Crippen LogP contribution in [0.15, 0.2) is 23.3 Å². The van der Waals surface area contributed by atoms with Gasteiger partial charge in [0.25, 0.3) is 0 Å². The zero-order valence-corrected chi connectivity index (χ0v) is 32.2. The zero-order valence-electron chi connectivity index (χ0n) is 32.2. The monoisotopic (exact) mass is 768 g/mol. The van der Waals surface area contributed by atoms with Gasteiger partial charge in [0.15, 0.2) is 12.6 Å². The third-order valence-corrected chi connectivity index (χ3v) is 14.8. The first-order chi connectivity index (χ1) is 25.4. The van der Waals surface area contributed by atoms with E-state index in [1.165, 1.54) is 11.1 Å². The van der Waals surface area contributed by atoms with E-state index in [2.05, 4.69) is 26.0 Å². The lowest BCUT2D eigenvalue weighted by molar-refractivity contribution is -0.363. The van der Waals surface area contributed by atoms with Gasteiger partial charge in [-0.3, -0.25) is 4.79 Å². The molecule has 2 aliphatic heterocycles. The summed E-state index contributed by atoms with van der Waals surface area (Å²) in [5.41, 5.74) is 0.886. The first-order valence-corrected chi connectivity index (χ1v) is 20.0. The molecule has 0 spiro atoms. The SMILES string of the molecule is CC(C)[C@](O)(CC[C@@H](C(=O)O)[C@H]1CC[C@H]2C3=CC[C@H]4C[C@@H](O[C@@H]5O[C@H](CO)[C@@H](O)[C@H](O)[C@H]5O[C@@H]5OC[C@H](O)[C@H](O)[C@H]5O)CC[C@]4(C)C3=CC[C@]12C)[C@@H](C)O. The summed E-state index contributed by atoms with van der Waals surface area (Å²) in [5.74, 6) is -1.36. The first-order valence-electron chi connectivity index (χ1n) is 20.0. The molecule has 6 aliphatic rings. The highest BCUT2D eigenvalue weighted by Gasteiger charge is 2.58. The van der Waals surface area contributed by atoms with Crippen LogP contribution in [0.25, 0.3) is 0 Å². The molecule has 4 fully saturated rings. The second-order valence-corrected chi connectivity index (χ2v) is 18.0. The largest absolute Gasteiger partial charge is 0.481 e. The van der Waals surface area contributed by atoms with Gasteiger partial charge in [-0.15, -0.1) is 0 Å². The molecule has 18 atom stereocenters. The molecule has 0 radical (unpaired) electrons. The van der Waals surface area contributed by atoms with Crippen molar-refractivity contribution in [3.63, 3.8) is 0 Å². The molecule has 14 nitrogen and oxygen atoms in total. The van der Waals surface area contributed by atoms with Crippen molar-refractivity contribution < 1.29 is 69.7 Å². The first kappa shape index (κ1) is 42.1. The minimum absolute atomic E-state index is 0.0745. The van der Waals surface area contributed by atoms with Crippen molar-refractivity contribution in [3.8, 4) is 0 Å². The maximum Gasteiger partial charge on any atom is 0.306 e. The molecular weight excluding hydrogens is 704 g/mol. The van der Waals surface area contributed by atoms with Crippen molar-refractivity contribution in [2.24, 2.45) is 40.4 Å². The Hall–Kier alpha value is -1.53. The average molecular weight is 769 g/mol. The third-order valence-electron chi connectivity index (χ3n) is 14.8. The highest BCUT2D eigenvalue weighted by atomic mass is 16.8. The fourth-order valence-corrected chi connectivity index (χ4v) is 11.1. The number of allylic oxidation sites excluding steroid dienone is 4. The van der Waals surface area contributed by atoms with E-state index in [9.17, 15) is 50.8 Å². The van der Waals surface area contributed by atoms with Gasteiger partial charge in [0.2, 0.25) is 0 Å². The summed E-state index contributed by atoms with van der Waals surface area (Å²) in [6.07, 6.45) is -3.58. The highest BCUT2D eigenvalue weighted by molar-refractivity contribution is 5.70. The molecule has 2 saturated heterocycles. The van der Waals surface area contributed by atoms with Crippen LogP contribution >= 0.6 is 0 Å². The van der Waals surface area contributed by atoms with Crippen LogP contribution in [-0.4, -0.2) is 138 Å². The van der Waals surface area contributed by atoms with E-state index >= 15 is 0 Å². The van der Waals surface area contributed by atoms with Gasteiger partial charge in [-0.05, 0) is 110 Å². The van der Waals surface area contributed by atoms with Crippen molar-refractivity contribution in [1.29, 1.82) is 0 Å². The van der Waals surface area contributed by atoms with Gasteiger partial charge in [-0.1, -0.05) is 39.8 Å². The predicted molar refractivity (Wildman–Crippen MR) is 192 cm³/mol. The van der Waals surface area contributed by atoms with Crippen molar-refractivity contribution >= 4 is 5.97 Å². The lowest BCUT2D eigenvalue weighted by Gasteiger charge is -2.54. The minimum Gasteiger partial charge on any atom is -0.481 e. The van der Waals surface area contributed by atoms with Crippen LogP contribution in [0.5, 0.6) is 0 Å². The Morgan fingerprint density at radius 1 is 0.981 bits per heavy atom. The third kappa shape index (κ3) is 7.37. The van der Waals surface area contributed by atoms with E-state index in [-0.39, 0.29) is 53.6 Å². The lowest BCUT2D eigenvalue weighted by atomic mass is 9.51. The Labute approximate surface area is 317 Å². The number of carbonyl (C=O) groups is 1. The molecule has 4 aliphatic carbocycles. The number of aliphatic hydroxyl groups is 8. The van der Waals surface area contributed by atoms with E-state index in [1.54, 1.807) is 6.92 Å². The van der Waals surface area contributed by atoms with Crippen LogP contribution in [0.3, 0.4) is 0 Å². The summed E-state index contributed by atoms with van der Waals surface area (Å²) in [6, 6.07) is 0. The number of aliphatic carboxylic acids is 1. The van der Waals surface area contributed by atoms with Gasteiger partial charge in [-0.2, -0.15) is 0 Å². The van der Waals surface area contributed by atoms with Crippen LogP contribution in [0, 0.1) is 40.4 Å². The fourth-order valence-electron chi connectivity index (χ4n) is 11.1. The molecule has 0 unspecified atom stereocenters. The lowest BCUT2D eigenvalue weighted by Crippen LogP contribution is -2.63. The van der Waals surface area contributed by atoms with Crippen LogP contribution in [0.2, 0.25) is 0 Å². The minimum atomic E-state index is -1.64. The molecule has 6 rings (SSSR count). The van der Waals surface area contributed by atoms with Crippen molar-refractivity contribution in [3.05, 3.63) is 23.3 Å². The maximum absolute atomic E-state index is 12.8. The van der Waals surface area contributed by atoms with E-state index in [0.717, 1.165) is 32.1 Å². The van der Waals surface area contributed by atoms with Crippen molar-refractivity contribution in [1.82, 2.24) is 0 Å². The fraction of sp³-hybridized carbons (Fsp3) is 0.875. The molecule has 2 saturated carbocycles. The van der Waals surface area contributed by atoms with E-state index in [1.807, 2.05) is 13.8 Å². The van der Waals surface area contributed by atoms with Crippen LogP contribution in [0.4, 0.5) is 0 Å². The molecule has 0 aromatic heterocycles. The molecule has 0 amide bonds. The number of rotatable bonds is 12. The van der Waals surface area contributed by atoms with Gasteiger partial charge in [0.1, 0.15) is 42.7 Å². The molecule has 0 aromatic rings. The summed E-state index contributed by atoms with van der Waals surface area (Å²) in [4.78, 5) is 12.8. The zero-order chi connectivity index (χ0) is 39.5. The number of hydrogen-bond donors (Lipinski definition) is 9. The number of carboxylic acid groups (broad SMARTS) is 1. The summed E-state index contributed by atoms with van der Waals surface area (Å²) >= 11 is 0. The summed E-state index contributed by atoms with van der Waals surface area (Å²) in [5, 5.41) is 94.3. The Morgan fingerprint density at radius 2 is 1.70 bits per heavy atom. The Morgan fingerprint density at radius 3 is 2.35 bits per heavy atom. The maximum atomic E-state index is 12.8. The Kier molecular flexibility index (Phi) is 12.5. The molecule has 0 bridgehead atoms. The topological polar surface area (TPSA) is 236 Å². The van der Waals surface area contributed by atoms with Gasteiger partial charge in [0, 0.05) is 0 Å². The normalized spacial score (nSPS) is 46.0. The number of fused-ring (bicyclic) bond motifs is 5. The average Bonchev–Trinajstić information content (AvgIpc) is 3.47. The van der Waals surface area contributed by atoms with Crippen molar-refractivity contribution in [2.75, 3.05) is 13.2 Å². The second kappa shape index (κ2) is 16.0. The molecular formula is C40H64O14. The second-order valence-electron chi connectivity index (χ2n) is 18.0.